The van der Waals surface area contributed by atoms with E-state index in [4.69, 9.17) is 9.98 Å². The molecule has 7 nitrogen and oxygen atoms in total. The predicted molar refractivity (Wildman–Crippen MR) is 144 cm³/mol. The number of nitrogens with one attached hydrogen (secondary N) is 2. The Bertz CT molecular complexity index is 901. The zero-order valence-corrected chi connectivity index (χ0v) is 21.9. The fourth-order valence-corrected chi connectivity index (χ4v) is 3.85. The van der Waals surface area contributed by atoms with Crippen LogP contribution < -0.4 is 15.5 Å². The molecule has 1 aliphatic rings. The van der Waals surface area contributed by atoms with Gasteiger partial charge in [0.1, 0.15) is 5.82 Å². The molecule has 1 aromatic carbocycles. The molecule has 0 spiro atoms. The van der Waals surface area contributed by atoms with Gasteiger partial charge in [0.25, 0.3) is 0 Å². The molecule has 32 heavy (non-hydrogen) atoms. The van der Waals surface area contributed by atoms with E-state index >= 15 is 0 Å². The minimum atomic E-state index is 0. The molecule has 1 fully saturated rings. The Morgan fingerprint density at radius 1 is 1.19 bits per heavy atom. The minimum Gasteiger partial charge on any atom is -0.363 e. The molecule has 0 aliphatic carbocycles. The molecular weight excluding hydrogens is 515 g/mol. The average Bonchev–Trinajstić information content (AvgIpc) is 2.98. The number of aromatic nitrogens is 1. The molecule has 2 heterocycles. The number of amides is 1. The second-order valence-corrected chi connectivity index (χ2v) is 8.22. The van der Waals surface area contributed by atoms with Crippen molar-refractivity contribution in [3.8, 4) is 0 Å². The largest absolute Gasteiger partial charge is 0.363 e. The maximum absolute atomic E-state index is 12.1. The number of halogens is 1. The first-order valence-corrected chi connectivity index (χ1v) is 11.4. The fourth-order valence-electron chi connectivity index (χ4n) is 3.85. The van der Waals surface area contributed by atoms with Crippen LogP contribution in [-0.4, -0.2) is 62.0 Å². The number of hydrogen-bond acceptors (Lipinski definition) is 4. The van der Waals surface area contributed by atoms with Crippen molar-refractivity contribution in [1.29, 1.82) is 0 Å². The van der Waals surface area contributed by atoms with Crippen molar-refractivity contribution >= 4 is 52.6 Å². The molecule has 8 heteroatoms. The van der Waals surface area contributed by atoms with Gasteiger partial charge in [0.15, 0.2) is 5.96 Å². The van der Waals surface area contributed by atoms with Crippen LogP contribution in [-0.2, 0) is 11.3 Å². The summed E-state index contributed by atoms with van der Waals surface area (Å²) >= 11 is 0. The quantitative estimate of drug-likeness (QED) is 0.226. The molecule has 1 amide bonds. The number of anilines is 1. The zero-order chi connectivity index (χ0) is 22.1. The Morgan fingerprint density at radius 2 is 2.00 bits per heavy atom. The van der Waals surface area contributed by atoms with E-state index in [2.05, 4.69) is 29.7 Å². The first-order chi connectivity index (χ1) is 15.1. The van der Waals surface area contributed by atoms with E-state index in [0.29, 0.717) is 18.9 Å². The number of pyridine rings is 1. The van der Waals surface area contributed by atoms with Crippen molar-refractivity contribution < 1.29 is 4.79 Å². The molecule has 176 valence electrons. The molecule has 1 aromatic heterocycles. The third-order valence-corrected chi connectivity index (χ3v) is 5.57. The third kappa shape index (κ3) is 7.50. The van der Waals surface area contributed by atoms with Crippen LogP contribution in [0, 0.1) is 0 Å². The summed E-state index contributed by atoms with van der Waals surface area (Å²) in [4.78, 5) is 25.7. The van der Waals surface area contributed by atoms with Gasteiger partial charge in [-0.15, -0.1) is 24.0 Å². The number of para-hydroxylation sites is 1. The van der Waals surface area contributed by atoms with Crippen molar-refractivity contribution in [2.24, 2.45) is 4.99 Å². The number of carbonyl (C=O) groups is 1. The van der Waals surface area contributed by atoms with Crippen LogP contribution >= 0.6 is 24.0 Å². The molecule has 0 unspecified atom stereocenters. The summed E-state index contributed by atoms with van der Waals surface area (Å²) in [6, 6.07) is 10.3. The highest BCUT2D eigenvalue weighted by molar-refractivity contribution is 14.0. The number of fused-ring (bicyclic) bond motifs is 1. The first-order valence-electron chi connectivity index (χ1n) is 11.4. The Kier molecular flexibility index (Phi) is 11.0. The van der Waals surface area contributed by atoms with E-state index in [1.807, 2.05) is 42.1 Å². The smallest absolute Gasteiger partial charge is 0.222 e. The van der Waals surface area contributed by atoms with Crippen molar-refractivity contribution in [3.63, 3.8) is 0 Å². The molecule has 0 bridgehead atoms. The molecule has 1 aliphatic heterocycles. The number of aliphatic imine (C=N–C) groups is 1. The van der Waals surface area contributed by atoms with Gasteiger partial charge in [-0.05, 0) is 43.9 Å². The average molecular weight is 553 g/mol. The van der Waals surface area contributed by atoms with Gasteiger partial charge in [-0.1, -0.05) is 24.6 Å². The number of guanidine groups is 1. The van der Waals surface area contributed by atoms with Gasteiger partial charge in [-0.25, -0.2) is 9.98 Å². The number of rotatable bonds is 8. The van der Waals surface area contributed by atoms with Crippen molar-refractivity contribution in [2.75, 3.05) is 45.2 Å². The zero-order valence-electron chi connectivity index (χ0n) is 19.6. The van der Waals surface area contributed by atoms with Crippen LogP contribution in [0.3, 0.4) is 0 Å². The summed E-state index contributed by atoms with van der Waals surface area (Å²) in [7, 11) is 4.01. The van der Waals surface area contributed by atoms with E-state index in [-0.39, 0.29) is 24.0 Å². The Balaban J connectivity index is 0.00000363. The Hall–Kier alpha value is -2.10. The van der Waals surface area contributed by atoms with Crippen LogP contribution in [0.1, 0.15) is 44.6 Å². The lowest BCUT2D eigenvalue weighted by atomic mass is 10.1. The third-order valence-electron chi connectivity index (χ3n) is 5.57. The Morgan fingerprint density at radius 3 is 2.78 bits per heavy atom. The van der Waals surface area contributed by atoms with Gasteiger partial charge in [-0.2, -0.15) is 0 Å². The maximum atomic E-state index is 12.1. The molecule has 3 rings (SSSR count). The van der Waals surface area contributed by atoms with E-state index < -0.39 is 0 Å². The summed E-state index contributed by atoms with van der Waals surface area (Å²) in [5, 5.41) is 7.88. The summed E-state index contributed by atoms with van der Waals surface area (Å²) in [6.45, 7) is 5.94. The normalized spacial score (nSPS) is 14.7. The van der Waals surface area contributed by atoms with E-state index in [9.17, 15) is 4.79 Å². The molecule has 0 radical (unpaired) electrons. The summed E-state index contributed by atoms with van der Waals surface area (Å²) in [5.41, 5.74) is 2.14. The predicted octanol–water partition coefficient (Wildman–Crippen LogP) is 3.77. The van der Waals surface area contributed by atoms with Crippen molar-refractivity contribution in [3.05, 3.63) is 35.9 Å². The van der Waals surface area contributed by atoms with Crippen molar-refractivity contribution in [1.82, 2.24) is 20.5 Å². The standard InChI is InChI=1S/C24H36N6O.HI/c1-4-25-24(26-14-10-16-30-15-9-5-6-13-23(30)31)27-18-19-17-22(29(2)3)28-21-12-8-7-11-20(19)21;/h7-8,11-12,17H,4-6,9-10,13-16,18H2,1-3H3,(H2,25,26,27);1H. The summed E-state index contributed by atoms with van der Waals surface area (Å²) < 4.78 is 0. The van der Waals surface area contributed by atoms with E-state index in [1.54, 1.807) is 0 Å². The lowest BCUT2D eigenvalue weighted by Crippen LogP contribution is -2.39. The summed E-state index contributed by atoms with van der Waals surface area (Å²) in [5.74, 6) is 2.04. The minimum absolute atomic E-state index is 0. The van der Waals surface area contributed by atoms with Gasteiger partial charge < -0.3 is 20.4 Å². The Labute approximate surface area is 209 Å². The fraction of sp³-hybridized carbons (Fsp3) is 0.542. The van der Waals surface area contributed by atoms with E-state index in [0.717, 1.165) is 80.1 Å². The number of carbonyl (C=O) groups excluding carboxylic acids is 1. The SMILES string of the molecule is CCNC(=NCc1cc(N(C)C)nc2ccccc12)NCCCN1CCCCCC1=O.I. The highest BCUT2D eigenvalue weighted by Gasteiger charge is 2.15. The van der Waals surface area contributed by atoms with Crippen LogP contribution in [0.5, 0.6) is 0 Å². The van der Waals surface area contributed by atoms with Crippen molar-refractivity contribution in [2.45, 2.75) is 45.6 Å². The molecule has 2 N–H and O–H groups in total. The number of likely N-dealkylation sites (tertiary alicyclic amines) is 1. The highest BCUT2D eigenvalue weighted by Crippen LogP contribution is 2.22. The monoisotopic (exact) mass is 552 g/mol. The number of hydrogen-bond donors (Lipinski definition) is 2. The molecular formula is C24H37IN6O. The second-order valence-electron chi connectivity index (χ2n) is 8.22. The second kappa shape index (κ2) is 13.4. The molecule has 0 saturated carbocycles. The number of benzene rings is 1. The molecule has 1 saturated heterocycles. The lowest BCUT2D eigenvalue weighted by molar-refractivity contribution is -0.130. The van der Waals surface area contributed by atoms with Gasteiger partial charge in [0.05, 0.1) is 12.1 Å². The van der Waals surface area contributed by atoms with Crippen LogP contribution in [0.25, 0.3) is 10.9 Å². The highest BCUT2D eigenvalue weighted by atomic mass is 127. The van der Waals surface area contributed by atoms with Crippen LogP contribution in [0.4, 0.5) is 5.82 Å². The van der Waals surface area contributed by atoms with Gasteiger partial charge >= 0.3 is 0 Å². The van der Waals surface area contributed by atoms with Gasteiger partial charge in [-0.3, -0.25) is 4.79 Å². The molecule has 0 atom stereocenters. The topological polar surface area (TPSA) is 72.9 Å². The maximum Gasteiger partial charge on any atom is 0.222 e. The first kappa shape index (κ1) is 26.2. The van der Waals surface area contributed by atoms with Crippen LogP contribution in [0.2, 0.25) is 0 Å². The van der Waals surface area contributed by atoms with Gasteiger partial charge in [0, 0.05) is 52.1 Å². The van der Waals surface area contributed by atoms with Gasteiger partial charge in [0.2, 0.25) is 5.91 Å². The summed E-state index contributed by atoms with van der Waals surface area (Å²) in [6.07, 6.45) is 4.94. The molecule has 2 aromatic rings. The number of nitrogens with zero attached hydrogens (tertiary/aromatic N) is 4. The van der Waals surface area contributed by atoms with E-state index in [1.165, 1.54) is 0 Å². The van der Waals surface area contributed by atoms with Crippen LogP contribution in [0.15, 0.2) is 35.3 Å². The lowest BCUT2D eigenvalue weighted by Gasteiger charge is -2.20.